The summed E-state index contributed by atoms with van der Waals surface area (Å²) in [4.78, 5) is 38.7. The van der Waals surface area contributed by atoms with E-state index < -0.39 is 134 Å². The molecule has 0 amide bonds. The molecule has 15 atom stereocenters. The second-order valence-corrected chi connectivity index (χ2v) is 16.3. The Morgan fingerprint density at radius 2 is 1.05 bits per heavy atom. The molecular formula is C42H62N10O21. The third-order valence-corrected chi connectivity index (χ3v) is 11.2. The van der Waals surface area contributed by atoms with Crippen molar-refractivity contribution in [3.05, 3.63) is 71.3 Å². The molecule has 1 saturated carbocycles. The van der Waals surface area contributed by atoms with Gasteiger partial charge in [-0.15, -0.1) is 0 Å². The van der Waals surface area contributed by atoms with Gasteiger partial charge in [0.05, 0.1) is 25.4 Å². The number of anilines is 3. The van der Waals surface area contributed by atoms with Crippen LogP contribution in [0.15, 0.2) is 64.6 Å². The van der Waals surface area contributed by atoms with Crippen LogP contribution in [-0.2, 0) is 18.9 Å². The number of carboxylic acids is 3. The Balaban J connectivity index is 0.000000338. The summed E-state index contributed by atoms with van der Waals surface area (Å²) in [6.45, 7) is -0.199. The molecule has 3 aromatic carbocycles. The summed E-state index contributed by atoms with van der Waals surface area (Å²) >= 11 is 0. The summed E-state index contributed by atoms with van der Waals surface area (Å²) in [6, 6.07) is 7.62. The number of aromatic hydroxyl groups is 3. The fraction of sp³-hybridized carbons (Fsp3) is 0.452. The van der Waals surface area contributed by atoms with Crippen LogP contribution in [0.5, 0.6) is 17.2 Å². The van der Waals surface area contributed by atoms with E-state index in [-0.39, 0.29) is 33.9 Å². The van der Waals surface area contributed by atoms with E-state index >= 15 is 0 Å². The molecule has 31 nitrogen and oxygen atoms in total. The molecule has 2 aliphatic heterocycles. The zero-order chi connectivity index (χ0) is 55.4. The van der Waals surface area contributed by atoms with Crippen LogP contribution < -0.4 is 45.5 Å². The van der Waals surface area contributed by atoms with Gasteiger partial charge in [-0.2, -0.15) is 0 Å². The summed E-state index contributed by atoms with van der Waals surface area (Å²) in [7, 11) is 1.44. The van der Waals surface area contributed by atoms with Crippen LogP contribution in [0, 0.1) is 0 Å². The number of benzene rings is 3. The Hall–Kier alpha value is -7.11. The van der Waals surface area contributed by atoms with E-state index in [0.29, 0.717) is 17.1 Å². The number of phenols is 3. The molecule has 0 radical (unpaired) electrons. The predicted molar refractivity (Wildman–Crippen MR) is 252 cm³/mol. The van der Waals surface area contributed by atoms with Gasteiger partial charge in [0, 0.05) is 35.3 Å². The van der Waals surface area contributed by atoms with Crippen molar-refractivity contribution in [1.29, 1.82) is 0 Å². The number of aliphatic hydroxyl groups is 8. The first-order valence-corrected chi connectivity index (χ1v) is 21.3. The van der Waals surface area contributed by atoms with E-state index in [2.05, 4.69) is 15.3 Å². The summed E-state index contributed by atoms with van der Waals surface area (Å²) in [5, 5.41) is 139. The Morgan fingerprint density at radius 3 is 1.41 bits per heavy atom. The number of aliphatic imine (C=N–C) groups is 2. The molecule has 3 aromatic rings. The highest BCUT2D eigenvalue weighted by Gasteiger charge is 2.60. The van der Waals surface area contributed by atoms with Crippen LogP contribution in [-0.4, -0.2) is 213 Å². The molecule has 29 N–H and O–H groups in total. The number of hydrogen-bond donors (Lipinski definition) is 22. The number of likely N-dealkylation sites (N-methyl/N-ethyl adjacent to an activating group) is 1. The van der Waals surface area contributed by atoms with Gasteiger partial charge < -0.3 is 136 Å². The quantitative estimate of drug-likeness (QED) is 0.0456. The molecular weight excluding hydrogens is 981 g/mol. The van der Waals surface area contributed by atoms with Crippen molar-refractivity contribution < 1.29 is 105 Å². The maximum atomic E-state index is 11.3. The van der Waals surface area contributed by atoms with E-state index in [1.54, 1.807) is 0 Å². The topological polar surface area (TPSA) is 590 Å². The van der Waals surface area contributed by atoms with Gasteiger partial charge in [-0.3, -0.25) is 0 Å². The van der Waals surface area contributed by atoms with Crippen molar-refractivity contribution in [2.45, 2.75) is 98.2 Å². The standard InChI is InChI=1S/C21H41N7O12.3C7H7NO3/c1-5-21(36,4-30)16(40-17-9(26-2)13(34)10(31)6(3-29)38-17)18(37-5)39-15-8(28-20(24)25)11(32)7(27-19(22)23)12(33)14(15)35;3*8-4-1-2-5(7(10)11)6(9)3-4/h5-18,26,29-36H,3-4H2,1-2H3,(H4,22,23,27)(H4,24,25,28);3*1-3,9H,8H2,(H,10,11)/t5-,6-,7+,8-,9-,10-,11+,12-,13-,14+,15+,16-,17-,18-,21+;;;/m0.../s1. The number of carboxylic acid groups (broad SMARTS) is 3. The van der Waals surface area contributed by atoms with E-state index in [4.69, 9.17) is 89.7 Å². The molecule has 1 aliphatic carbocycles. The number of rotatable bonds is 12. The lowest BCUT2D eigenvalue weighted by molar-refractivity contribution is -0.317. The Morgan fingerprint density at radius 1 is 0.630 bits per heavy atom. The smallest absolute Gasteiger partial charge is 0.339 e. The highest BCUT2D eigenvalue weighted by molar-refractivity contribution is 5.92. The van der Waals surface area contributed by atoms with Crippen LogP contribution in [0.1, 0.15) is 38.0 Å². The van der Waals surface area contributed by atoms with Crippen LogP contribution in [0.2, 0.25) is 0 Å². The van der Waals surface area contributed by atoms with Crippen molar-refractivity contribution in [3.63, 3.8) is 0 Å². The molecule has 3 aliphatic rings. The molecule has 0 bridgehead atoms. The number of aliphatic hydroxyl groups excluding tert-OH is 7. The first-order chi connectivity index (χ1) is 34.0. The van der Waals surface area contributed by atoms with Gasteiger partial charge in [0.2, 0.25) is 0 Å². The summed E-state index contributed by atoms with van der Waals surface area (Å²) in [5.41, 5.74) is 36.1. The molecule has 3 fully saturated rings. The second-order valence-electron chi connectivity index (χ2n) is 16.3. The Labute approximate surface area is 413 Å². The molecule has 31 heteroatoms. The third kappa shape index (κ3) is 15.0. The van der Waals surface area contributed by atoms with Gasteiger partial charge in [0.1, 0.15) is 100 Å². The highest BCUT2D eigenvalue weighted by Crippen LogP contribution is 2.39. The van der Waals surface area contributed by atoms with E-state index in [1.807, 2.05) is 0 Å². The number of nitrogens with two attached hydrogens (primary N) is 7. The maximum Gasteiger partial charge on any atom is 0.339 e. The van der Waals surface area contributed by atoms with Gasteiger partial charge in [-0.05, 0) is 50.4 Å². The van der Waals surface area contributed by atoms with Crippen molar-refractivity contribution in [2.75, 3.05) is 37.5 Å². The first kappa shape index (κ1) is 60.2. The Bertz CT molecular complexity index is 2270. The molecule has 0 unspecified atom stereocenters. The summed E-state index contributed by atoms with van der Waals surface area (Å²) in [5.74, 6) is -5.42. The van der Waals surface area contributed by atoms with Crippen molar-refractivity contribution in [3.8, 4) is 17.2 Å². The van der Waals surface area contributed by atoms with Gasteiger partial charge >= 0.3 is 17.9 Å². The van der Waals surface area contributed by atoms with Crippen molar-refractivity contribution in [1.82, 2.24) is 5.32 Å². The molecule has 6 rings (SSSR count). The third-order valence-electron chi connectivity index (χ3n) is 11.2. The molecule has 0 aromatic heterocycles. The fourth-order valence-electron chi connectivity index (χ4n) is 7.36. The lowest BCUT2D eigenvalue weighted by Crippen LogP contribution is -2.66. The number of nitrogens with zero attached hydrogens (tertiary/aromatic N) is 2. The minimum absolute atomic E-state index is 0.140. The normalized spacial score (nSPS) is 30.3. The number of nitrogens with one attached hydrogen (secondary N) is 1. The Kier molecular flexibility index (Phi) is 21.5. The largest absolute Gasteiger partial charge is 0.507 e. The van der Waals surface area contributed by atoms with Gasteiger partial charge in [-0.25, -0.2) is 24.4 Å². The molecule has 73 heavy (non-hydrogen) atoms. The molecule has 2 heterocycles. The first-order valence-electron chi connectivity index (χ1n) is 21.3. The van der Waals surface area contributed by atoms with Crippen LogP contribution >= 0.6 is 0 Å². The minimum Gasteiger partial charge on any atom is -0.507 e. The van der Waals surface area contributed by atoms with E-state index in [9.17, 15) is 55.2 Å². The van der Waals surface area contributed by atoms with Gasteiger partial charge in [0.25, 0.3) is 0 Å². The number of hydrogen-bond acceptors (Lipinski definition) is 24. The lowest BCUT2D eigenvalue weighted by atomic mass is 9.81. The lowest BCUT2D eigenvalue weighted by Gasteiger charge is -2.45. The van der Waals surface area contributed by atoms with E-state index in [0.717, 1.165) is 0 Å². The highest BCUT2D eigenvalue weighted by atomic mass is 16.8. The average Bonchev–Trinajstić information content (AvgIpc) is 3.53. The fourth-order valence-corrected chi connectivity index (χ4v) is 7.36. The SMILES string of the molecule is CN[C@@H]1[C@H](O[C@H]2[C@H](O[C@H]3[C@H](O)[C@@H](O)[C@H](N=C(N)N)[C@@H](O)[C@@H]3N=C(N)N)O[C@@H](C)[C@]2(O)CO)O[C@@H](CO)[C@H](O)[C@H]1O.Nc1ccc(C(=O)O)c(O)c1.Nc1ccc(C(=O)O)c(O)c1.Nc1ccc(C(=O)O)c(O)c1. The summed E-state index contributed by atoms with van der Waals surface area (Å²) < 4.78 is 23.2. The monoisotopic (exact) mass is 1040 g/mol. The number of ether oxygens (including phenoxy) is 4. The number of guanidine groups is 2. The number of carbonyl (C=O) groups is 3. The van der Waals surface area contributed by atoms with Gasteiger partial charge in [0.15, 0.2) is 24.5 Å². The minimum atomic E-state index is -2.15. The van der Waals surface area contributed by atoms with E-state index in [1.165, 1.54) is 68.6 Å². The van der Waals surface area contributed by atoms with Crippen LogP contribution in [0.25, 0.3) is 0 Å². The zero-order valence-electron chi connectivity index (χ0n) is 38.7. The maximum absolute atomic E-state index is 11.3. The molecule has 2 saturated heterocycles. The van der Waals surface area contributed by atoms with Crippen LogP contribution in [0.3, 0.4) is 0 Å². The zero-order valence-corrected chi connectivity index (χ0v) is 38.7. The average molecular weight is 1040 g/mol. The second kappa shape index (κ2) is 26.0. The number of aromatic carboxylic acids is 3. The predicted octanol–water partition coefficient (Wildman–Crippen LogP) is -6.35. The molecule has 406 valence electrons. The van der Waals surface area contributed by atoms with Crippen molar-refractivity contribution >= 4 is 46.9 Å². The summed E-state index contributed by atoms with van der Waals surface area (Å²) in [6.07, 6.45) is -16.9. The molecule has 0 spiro atoms. The number of nitrogen functional groups attached to an aromatic ring is 3. The van der Waals surface area contributed by atoms with Gasteiger partial charge in [-0.1, -0.05) is 0 Å². The van der Waals surface area contributed by atoms with Crippen molar-refractivity contribution in [2.24, 2.45) is 32.9 Å². The van der Waals surface area contributed by atoms with Crippen LogP contribution in [0.4, 0.5) is 17.1 Å².